The van der Waals surface area contributed by atoms with Crippen LogP contribution in [0.4, 0.5) is 0 Å². The fourth-order valence-electron chi connectivity index (χ4n) is 4.33. The minimum Gasteiger partial charge on any atom is -0.481 e. The molecule has 0 aromatic heterocycles. The van der Waals surface area contributed by atoms with E-state index in [1.807, 2.05) is 0 Å². The van der Waals surface area contributed by atoms with Gasteiger partial charge in [-0.05, 0) is 64.1 Å². The molecule has 0 aromatic rings. The SMILES string of the molecule is CN1CCC(NC2C3CCC(C3)C2C(=O)O)CC1. The molecule has 2 N–H and O–H groups in total. The molecule has 0 aromatic carbocycles. The standard InChI is InChI=1S/C14H24N2O2/c1-16-6-4-11(5-7-16)15-13-10-3-2-9(8-10)12(13)14(17)18/h9-13,15H,2-8H2,1H3,(H,17,18). The molecule has 18 heavy (non-hydrogen) atoms. The zero-order valence-electron chi connectivity index (χ0n) is 11.1. The largest absolute Gasteiger partial charge is 0.481 e. The highest BCUT2D eigenvalue weighted by Crippen LogP contribution is 2.48. The Kier molecular flexibility index (Phi) is 3.32. The molecule has 4 heteroatoms. The Morgan fingerprint density at radius 1 is 1.17 bits per heavy atom. The van der Waals surface area contributed by atoms with E-state index in [1.165, 1.54) is 6.42 Å². The molecule has 3 fully saturated rings. The van der Waals surface area contributed by atoms with Crippen LogP contribution in [0.2, 0.25) is 0 Å². The number of piperidine rings is 1. The molecule has 2 aliphatic carbocycles. The lowest BCUT2D eigenvalue weighted by Gasteiger charge is -2.36. The molecule has 0 amide bonds. The fraction of sp³-hybridized carbons (Fsp3) is 0.929. The van der Waals surface area contributed by atoms with Crippen molar-refractivity contribution in [2.24, 2.45) is 17.8 Å². The summed E-state index contributed by atoms with van der Waals surface area (Å²) >= 11 is 0. The Hall–Kier alpha value is -0.610. The minimum atomic E-state index is -0.576. The first-order chi connectivity index (χ1) is 8.65. The maximum Gasteiger partial charge on any atom is 0.308 e. The van der Waals surface area contributed by atoms with E-state index in [4.69, 9.17) is 0 Å². The number of fused-ring (bicyclic) bond motifs is 2. The molecule has 2 bridgehead atoms. The summed E-state index contributed by atoms with van der Waals surface area (Å²) in [5.41, 5.74) is 0. The number of carbonyl (C=O) groups is 1. The maximum atomic E-state index is 11.4. The zero-order chi connectivity index (χ0) is 12.7. The van der Waals surface area contributed by atoms with Crippen molar-refractivity contribution in [3.63, 3.8) is 0 Å². The highest BCUT2D eigenvalue weighted by Gasteiger charge is 2.51. The molecule has 102 valence electrons. The van der Waals surface area contributed by atoms with Crippen molar-refractivity contribution in [3.05, 3.63) is 0 Å². The van der Waals surface area contributed by atoms with Crippen molar-refractivity contribution in [2.45, 2.75) is 44.2 Å². The van der Waals surface area contributed by atoms with Gasteiger partial charge in [-0.2, -0.15) is 0 Å². The monoisotopic (exact) mass is 252 g/mol. The molecule has 4 atom stereocenters. The topological polar surface area (TPSA) is 52.6 Å². The third kappa shape index (κ3) is 2.16. The normalized spacial score (nSPS) is 41.4. The van der Waals surface area contributed by atoms with Crippen LogP contribution in [0.25, 0.3) is 0 Å². The second kappa shape index (κ2) is 4.82. The maximum absolute atomic E-state index is 11.4. The minimum absolute atomic E-state index is 0.122. The summed E-state index contributed by atoms with van der Waals surface area (Å²) < 4.78 is 0. The fourth-order valence-corrected chi connectivity index (χ4v) is 4.33. The average molecular weight is 252 g/mol. The Morgan fingerprint density at radius 3 is 2.50 bits per heavy atom. The van der Waals surface area contributed by atoms with Gasteiger partial charge in [-0.3, -0.25) is 4.79 Å². The van der Waals surface area contributed by atoms with Crippen LogP contribution in [-0.4, -0.2) is 48.2 Å². The van der Waals surface area contributed by atoms with Gasteiger partial charge in [0.15, 0.2) is 0 Å². The molecule has 1 heterocycles. The number of carboxylic acid groups (broad SMARTS) is 1. The quantitative estimate of drug-likeness (QED) is 0.791. The van der Waals surface area contributed by atoms with Crippen molar-refractivity contribution >= 4 is 5.97 Å². The lowest BCUT2D eigenvalue weighted by atomic mass is 9.83. The Labute approximate surface area is 109 Å². The van der Waals surface area contributed by atoms with Gasteiger partial charge in [-0.25, -0.2) is 0 Å². The molecule has 3 aliphatic rings. The second-order valence-corrected chi connectivity index (χ2v) is 6.47. The number of likely N-dealkylation sites (tertiary alicyclic amines) is 1. The number of rotatable bonds is 3. The van der Waals surface area contributed by atoms with Gasteiger partial charge in [0.1, 0.15) is 0 Å². The number of nitrogens with zero attached hydrogens (tertiary/aromatic N) is 1. The van der Waals surface area contributed by atoms with Gasteiger partial charge in [-0.15, -0.1) is 0 Å². The van der Waals surface area contributed by atoms with Crippen LogP contribution in [0.15, 0.2) is 0 Å². The first kappa shape index (κ1) is 12.4. The summed E-state index contributed by atoms with van der Waals surface area (Å²) in [5.74, 6) is 0.364. The Balaban J connectivity index is 1.62. The summed E-state index contributed by atoms with van der Waals surface area (Å²) in [6, 6.07) is 0.780. The van der Waals surface area contributed by atoms with Crippen LogP contribution < -0.4 is 5.32 Å². The number of hydrogen-bond donors (Lipinski definition) is 2. The van der Waals surface area contributed by atoms with Gasteiger partial charge >= 0.3 is 5.97 Å². The summed E-state index contributed by atoms with van der Waals surface area (Å²) in [5, 5.41) is 13.1. The van der Waals surface area contributed by atoms with Gasteiger partial charge in [0.25, 0.3) is 0 Å². The summed E-state index contributed by atoms with van der Waals surface area (Å²) in [6.45, 7) is 2.27. The summed E-state index contributed by atoms with van der Waals surface area (Å²) in [6.07, 6.45) is 5.83. The molecule has 0 spiro atoms. The van der Waals surface area contributed by atoms with Crippen LogP contribution in [0, 0.1) is 17.8 Å². The van der Waals surface area contributed by atoms with Crippen LogP contribution in [0.3, 0.4) is 0 Å². The van der Waals surface area contributed by atoms with Gasteiger partial charge in [0.05, 0.1) is 5.92 Å². The second-order valence-electron chi connectivity index (χ2n) is 6.47. The zero-order valence-corrected chi connectivity index (χ0v) is 11.1. The van der Waals surface area contributed by atoms with E-state index >= 15 is 0 Å². The van der Waals surface area contributed by atoms with Crippen LogP contribution in [-0.2, 0) is 4.79 Å². The van der Waals surface area contributed by atoms with Gasteiger partial charge in [0.2, 0.25) is 0 Å². The van der Waals surface area contributed by atoms with Crippen LogP contribution >= 0.6 is 0 Å². The van der Waals surface area contributed by atoms with E-state index in [0.717, 1.165) is 38.8 Å². The molecule has 3 rings (SSSR count). The van der Waals surface area contributed by atoms with E-state index in [2.05, 4.69) is 17.3 Å². The van der Waals surface area contributed by atoms with Crippen molar-refractivity contribution in [1.29, 1.82) is 0 Å². The molecule has 1 aliphatic heterocycles. The predicted molar refractivity (Wildman–Crippen MR) is 69.4 cm³/mol. The van der Waals surface area contributed by atoms with E-state index in [9.17, 15) is 9.90 Å². The smallest absolute Gasteiger partial charge is 0.308 e. The number of hydrogen-bond acceptors (Lipinski definition) is 3. The van der Waals surface area contributed by atoms with Gasteiger partial charge in [-0.1, -0.05) is 0 Å². The van der Waals surface area contributed by atoms with Crippen LogP contribution in [0.1, 0.15) is 32.1 Å². The van der Waals surface area contributed by atoms with Crippen molar-refractivity contribution in [3.8, 4) is 0 Å². The lowest BCUT2D eigenvalue weighted by Crippen LogP contribution is -2.51. The number of nitrogens with one attached hydrogen (secondary N) is 1. The molecular formula is C14H24N2O2. The molecule has 1 saturated heterocycles. The molecule has 0 radical (unpaired) electrons. The highest BCUT2D eigenvalue weighted by atomic mass is 16.4. The van der Waals surface area contributed by atoms with E-state index < -0.39 is 5.97 Å². The molecule has 2 saturated carbocycles. The molecule has 4 unspecified atom stereocenters. The van der Waals surface area contributed by atoms with E-state index in [1.54, 1.807) is 0 Å². The third-order valence-electron chi connectivity index (χ3n) is 5.35. The lowest BCUT2D eigenvalue weighted by molar-refractivity contribution is -0.144. The number of aliphatic carboxylic acids is 1. The highest BCUT2D eigenvalue weighted by molar-refractivity contribution is 5.72. The molecular weight excluding hydrogens is 228 g/mol. The first-order valence-electron chi connectivity index (χ1n) is 7.32. The van der Waals surface area contributed by atoms with Gasteiger partial charge < -0.3 is 15.3 Å². The predicted octanol–water partition coefficient (Wildman–Crippen LogP) is 1.17. The van der Waals surface area contributed by atoms with Gasteiger partial charge in [0, 0.05) is 12.1 Å². The Bertz CT molecular complexity index is 326. The van der Waals surface area contributed by atoms with E-state index in [0.29, 0.717) is 17.9 Å². The van der Waals surface area contributed by atoms with Crippen molar-refractivity contribution < 1.29 is 9.90 Å². The van der Waals surface area contributed by atoms with Crippen molar-refractivity contribution in [1.82, 2.24) is 10.2 Å². The Morgan fingerprint density at radius 2 is 1.83 bits per heavy atom. The summed E-state index contributed by atoms with van der Waals surface area (Å²) in [4.78, 5) is 13.8. The van der Waals surface area contributed by atoms with Crippen LogP contribution in [0.5, 0.6) is 0 Å². The third-order valence-corrected chi connectivity index (χ3v) is 5.35. The molecule has 4 nitrogen and oxygen atoms in total. The number of carboxylic acids is 1. The van der Waals surface area contributed by atoms with E-state index in [-0.39, 0.29) is 12.0 Å². The first-order valence-corrected chi connectivity index (χ1v) is 7.32. The summed E-state index contributed by atoms with van der Waals surface area (Å²) in [7, 11) is 2.16. The average Bonchev–Trinajstić information content (AvgIpc) is 2.92. The van der Waals surface area contributed by atoms with Crippen molar-refractivity contribution in [2.75, 3.05) is 20.1 Å².